The van der Waals surface area contributed by atoms with E-state index in [2.05, 4.69) is 5.32 Å². The fourth-order valence-electron chi connectivity index (χ4n) is 2.39. The minimum absolute atomic E-state index is 0.233. The summed E-state index contributed by atoms with van der Waals surface area (Å²) in [6, 6.07) is 9.48. The highest BCUT2D eigenvalue weighted by Crippen LogP contribution is 2.11. The van der Waals surface area contributed by atoms with Crippen molar-refractivity contribution in [2.75, 3.05) is 6.54 Å². The Bertz CT molecular complexity index is 491. The largest absolute Gasteiger partial charge is 0.444 e. The van der Waals surface area contributed by atoms with Crippen molar-refractivity contribution in [2.24, 2.45) is 0 Å². The molecule has 1 aromatic carbocycles. The normalized spacial score (nSPS) is 11.1. The van der Waals surface area contributed by atoms with E-state index >= 15 is 0 Å². The van der Waals surface area contributed by atoms with Crippen molar-refractivity contribution in [3.8, 4) is 0 Å². The van der Waals surface area contributed by atoms with Crippen molar-refractivity contribution in [2.45, 2.75) is 71.3 Å². The number of alkyl carbamates (subject to hydrolysis) is 1. The third-order valence-corrected chi connectivity index (χ3v) is 3.59. The second kappa shape index (κ2) is 10.8. The van der Waals surface area contributed by atoms with Crippen LogP contribution in [0.15, 0.2) is 30.3 Å². The minimum atomic E-state index is -0.443. The van der Waals surface area contributed by atoms with Crippen LogP contribution in [-0.2, 0) is 4.74 Å². The Hall–Kier alpha value is -1.84. The van der Waals surface area contributed by atoms with E-state index in [9.17, 15) is 9.59 Å². The van der Waals surface area contributed by atoms with Crippen LogP contribution in [0, 0.1) is 0 Å². The zero-order chi connectivity index (χ0) is 17.8. The maximum Gasteiger partial charge on any atom is 0.407 e. The van der Waals surface area contributed by atoms with Crippen molar-refractivity contribution >= 4 is 11.9 Å². The molecule has 1 aromatic rings. The molecule has 0 saturated carbocycles. The van der Waals surface area contributed by atoms with Crippen molar-refractivity contribution in [1.29, 1.82) is 0 Å². The van der Waals surface area contributed by atoms with Crippen LogP contribution in [0.3, 0.4) is 0 Å². The molecule has 0 spiro atoms. The first-order valence-electron chi connectivity index (χ1n) is 8.93. The van der Waals surface area contributed by atoms with Gasteiger partial charge in [0.1, 0.15) is 5.60 Å². The van der Waals surface area contributed by atoms with Gasteiger partial charge >= 0.3 is 6.09 Å². The second-order valence-corrected chi connectivity index (χ2v) is 7.09. The number of carbonyl (C=O) groups excluding carboxylic acids is 2. The van der Waals surface area contributed by atoms with Crippen LogP contribution >= 0.6 is 0 Å². The van der Waals surface area contributed by atoms with Gasteiger partial charge in [0.2, 0.25) is 0 Å². The first-order chi connectivity index (χ1) is 11.4. The molecule has 0 unspecified atom stereocenters. The van der Waals surface area contributed by atoms with E-state index in [1.54, 1.807) is 0 Å². The van der Waals surface area contributed by atoms with Gasteiger partial charge in [-0.05, 0) is 33.6 Å². The molecular formula is C20H31NO3. The van der Waals surface area contributed by atoms with Gasteiger partial charge in [0.15, 0.2) is 5.78 Å². The summed E-state index contributed by atoms with van der Waals surface area (Å²) in [5.41, 5.74) is 0.368. The first kappa shape index (κ1) is 20.2. The molecule has 0 radical (unpaired) electrons. The fraction of sp³-hybridized carbons (Fsp3) is 0.600. The average molecular weight is 333 g/mol. The van der Waals surface area contributed by atoms with Gasteiger partial charge in [0.05, 0.1) is 0 Å². The van der Waals surface area contributed by atoms with Gasteiger partial charge < -0.3 is 10.1 Å². The number of Topliss-reactive ketones (excluding diaryl/α,β-unsaturated/α-hetero) is 1. The molecule has 0 aliphatic rings. The lowest BCUT2D eigenvalue weighted by molar-refractivity contribution is 0.0527. The summed E-state index contributed by atoms with van der Waals surface area (Å²) in [6.07, 6.45) is 6.63. The Labute approximate surface area is 146 Å². The van der Waals surface area contributed by atoms with Crippen LogP contribution < -0.4 is 5.32 Å². The summed E-state index contributed by atoms with van der Waals surface area (Å²) in [6.45, 7) is 6.22. The average Bonchev–Trinajstić information content (AvgIpc) is 2.52. The number of rotatable bonds is 10. The van der Waals surface area contributed by atoms with E-state index in [1.165, 1.54) is 0 Å². The molecule has 4 nitrogen and oxygen atoms in total. The van der Waals surface area contributed by atoms with Crippen LogP contribution in [0.4, 0.5) is 4.79 Å². The molecule has 134 valence electrons. The molecule has 1 N–H and O–H groups in total. The Morgan fingerprint density at radius 2 is 1.50 bits per heavy atom. The number of carbonyl (C=O) groups is 2. The summed E-state index contributed by atoms with van der Waals surface area (Å²) in [4.78, 5) is 23.4. The highest BCUT2D eigenvalue weighted by molar-refractivity contribution is 5.95. The van der Waals surface area contributed by atoms with E-state index in [0.29, 0.717) is 13.0 Å². The van der Waals surface area contributed by atoms with Crippen molar-refractivity contribution < 1.29 is 14.3 Å². The lowest BCUT2D eigenvalue weighted by Crippen LogP contribution is -2.32. The SMILES string of the molecule is CC(C)(C)OC(=O)NCCCCCCCCC(=O)c1ccccc1. The zero-order valence-electron chi connectivity index (χ0n) is 15.3. The monoisotopic (exact) mass is 333 g/mol. The lowest BCUT2D eigenvalue weighted by Gasteiger charge is -2.19. The predicted octanol–water partition coefficient (Wildman–Crippen LogP) is 5.12. The zero-order valence-corrected chi connectivity index (χ0v) is 15.3. The van der Waals surface area contributed by atoms with Gasteiger partial charge in [0, 0.05) is 18.5 Å². The van der Waals surface area contributed by atoms with E-state index in [1.807, 2.05) is 51.1 Å². The maximum atomic E-state index is 11.9. The second-order valence-electron chi connectivity index (χ2n) is 7.09. The van der Waals surface area contributed by atoms with Crippen molar-refractivity contribution in [3.63, 3.8) is 0 Å². The quantitative estimate of drug-likeness (QED) is 0.477. The molecule has 0 saturated heterocycles. The molecule has 0 atom stereocenters. The highest BCUT2D eigenvalue weighted by Gasteiger charge is 2.15. The molecule has 0 aliphatic carbocycles. The summed E-state index contributed by atoms with van der Waals surface area (Å²) in [5, 5.41) is 2.77. The third kappa shape index (κ3) is 10.0. The summed E-state index contributed by atoms with van der Waals surface area (Å²) in [7, 11) is 0. The molecule has 0 fully saturated rings. The van der Waals surface area contributed by atoms with Crippen LogP contribution in [0.1, 0.15) is 76.1 Å². The van der Waals surface area contributed by atoms with Gasteiger partial charge in [-0.15, -0.1) is 0 Å². The topological polar surface area (TPSA) is 55.4 Å². The standard InChI is InChI=1S/C20H31NO3/c1-20(2,3)24-19(23)21-16-12-7-5-4-6-11-15-18(22)17-13-9-8-10-14-17/h8-10,13-14H,4-7,11-12,15-16H2,1-3H3,(H,21,23). The summed E-state index contributed by atoms with van der Waals surface area (Å²) in [5.74, 6) is 0.233. The van der Waals surface area contributed by atoms with Gasteiger partial charge in [0.25, 0.3) is 0 Å². The predicted molar refractivity (Wildman–Crippen MR) is 97.3 cm³/mol. The Morgan fingerprint density at radius 3 is 2.12 bits per heavy atom. The highest BCUT2D eigenvalue weighted by atomic mass is 16.6. The molecule has 0 bridgehead atoms. The van der Waals surface area contributed by atoms with Crippen molar-refractivity contribution in [1.82, 2.24) is 5.32 Å². The molecule has 0 aromatic heterocycles. The van der Waals surface area contributed by atoms with E-state index in [-0.39, 0.29) is 11.9 Å². The summed E-state index contributed by atoms with van der Waals surface area (Å²) >= 11 is 0. The van der Waals surface area contributed by atoms with Gasteiger partial charge in [-0.25, -0.2) is 4.79 Å². The van der Waals surface area contributed by atoms with Gasteiger partial charge in [-0.1, -0.05) is 56.0 Å². The smallest absolute Gasteiger partial charge is 0.407 e. The summed E-state index contributed by atoms with van der Waals surface area (Å²) < 4.78 is 5.17. The Morgan fingerprint density at radius 1 is 0.917 bits per heavy atom. The third-order valence-electron chi connectivity index (χ3n) is 3.59. The lowest BCUT2D eigenvalue weighted by atomic mass is 10.0. The van der Waals surface area contributed by atoms with Crippen LogP contribution in [0.25, 0.3) is 0 Å². The fourth-order valence-corrected chi connectivity index (χ4v) is 2.39. The molecule has 4 heteroatoms. The Balaban J connectivity index is 1.94. The van der Waals surface area contributed by atoms with E-state index < -0.39 is 5.60 Å². The van der Waals surface area contributed by atoms with Crippen LogP contribution in [-0.4, -0.2) is 24.0 Å². The minimum Gasteiger partial charge on any atom is -0.444 e. The number of hydrogen-bond acceptors (Lipinski definition) is 3. The van der Waals surface area contributed by atoms with Crippen LogP contribution in [0.2, 0.25) is 0 Å². The molecular weight excluding hydrogens is 302 g/mol. The molecule has 0 aliphatic heterocycles. The number of benzene rings is 1. The number of ether oxygens (including phenoxy) is 1. The van der Waals surface area contributed by atoms with Crippen LogP contribution in [0.5, 0.6) is 0 Å². The van der Waals surface area contributed by atoms with Gasteiger partial charge in [-0.2, -0.15) is 0 Å². The number of ketones is 1. The molecule has 1 amide bonds. The number of amides is 1. The molecule has 0 heterocycles. The number of hydrogen-bond donors (Lipinski definition) is 1. The van der Waals surface area contributed by atoms with E-state index in [0.717, 1.165) is 44.1 Å². The van der Waals surface area contributed by atoms with E-state index in [4.69, 9.17) is 4.74 Å². The maximum absolute atomic E-state index is 11.9. The molecule has 1 rings (SSSR count). The van der Waals surface area contributed by atoms with Crippen molar-refractivity contribution in [3.05, 3.63) is 35.9 Å². The van der Waals surface area contributed by atoms with Gasteiger partial charge in [-0.3, -0.25) is 4.79 Å². The molecule has 24 heavy (non-hydrogen) atoms. The number of unbranched alkanes of at least 4 members (excludes halogenated alkanes) is 5. The number of nitrogens with one attached hydrogen (secondary N) is 1. The Kier molecular flexibility index (Phi) is 9.13. The first-order valence-corrected chi connectivity index (χ1v) is 8.93.